The van der Waals surface area contributed by atoms with E-state index in [2.05, 4.69) is 49.0 Å². The van der Waals surface area contributed by atoms with Crippen molar-refractivity contribution in [3.8, 4) is 16.9 Å². The Hall–Kier alpha value is -3.37. The summed E-state index contributed by atoms with van der Waals surface area (Å²) in [5.74, 6) is 1.40. The van der Waals surface area contributed by atoms with Crippen LogP contribution in [-0.2, 0) is 13.5 Å². The highest BCUT2D eigenvalue weighted by Crippen LogP contribution is 2.38. The van der Waals surface area contributed by atoms with E-state index in [0.717, 1.165) is 39.4 Å². The SMILES string of the molecule is CCC(=O)c1cc(OC2=Nc3cc(-c4ccc5c(c4)c(C)cn5C)c(Cl)cc3CC2)ccc1C. The minimum Gasteiger partial charge on any atom is -0.443 e. The molecule has 2 heterocycles. The summed E-state index contributed by atoms with van der Waals surface area (Å²) in [7, 11) is 2.06. The zero-order valence-electron chi connectivity index (χ0n) is 19.9. The van der Waals surface area contributed by atoms with Crippen molar-refractivity contribution in [1.82, 2.24) is 4.57 Å². The minimum absolute atomic E-state index is 0.115. The Morgan fingerprint density at radius 3 is 2.68 bits per heavy atom. The van der Waals surface area contributed by atoms with Crippen LogP contribution in [0.15, 0.2) is 59.7 Å². The number of rotatable bonds is 4. The van der Waals surface area contributed by atoms with E-state index < -0.39 is 0 Å². The Kier molecular flexibility index (Phi) is 5.78. The number of aryl methyl sites for hydroxylation is 4. The Bertz CT molecular complexity index is 1480. The third kappa shape index (κ3) is 4.03. The summed E-state index contributed by atoms with van der Waals surface area (Å²) in [6.45, 7) is 5.94. The van der Waals surface area contributed by atoms with E-state index in [-0.39, 0.29) is 5.78 Å². The molecule has 0 aliphatic carbocycles. The molecule has 0 spiro atoms. The first-order valence-electron chi connectivity index (χ1n) is 11.6. The molecule has 34 heavy (non-hydrogen) atoms. The second-order valence-corrected chi connectivity index (χ2v) is 9.38. The molecule has 1 aliphatic heterocycles. The fraction of sp³-hybridized carbons (Fsp3) is 0.241. The summed E-state index contributed by atoms with van der Waals surface area (Å²) in [5, 5.41) is 1.95. The molecule has 0 fully saturated rings. The molecular formula is C29H27ClN2O2. The molecule has 4 aromatic rings. The first-order chi connectivity index (χ1) is 16.3. The number of aliphatic imine (C=N–C) groups is 1. The number of hydrogen-bond donors (Lipinski definition) is 0. The van der Waals surface area contributed by atoms with E-state index in [4.69, 9.17) is 21.3 Å². The molecular weight excluding hydrogens is 444 g/mol. The molecule has 4 nitrogen and oxygen atoms in total. The van der Waals surface area contributed by atoms with E-state index >= 15 is 0 Å². The molecule has 1 aromatic heterocycles. The van der Waals surface area contributed by atoms with Gasteiger partial charge in [-0.25, -0.2) is 4.99 Å². The number of aromatic nitrogens is 1. The quantitative estimate of drug-likeness (QED) is 0.286. The highest BCUT2D eigenvalue weighted by molar-refractivity contribution is 6.33. The molecule has 0 N–H and O–H groups in total. The number of nitrogens with zero attached hydrogens (tertiary/aromatic N) is 2. The Balaban J connectivity index is 1.49. The smallest absolute Gasteiger partial charge is 0.195 e. The van der Waals surface area contributed by atoms with Crippen LogP contribution in [0.2, 0.25) is 5.02 Å². The van der Waals surface area contributed by atoms with Gasteiger partial charge in [0, 0.05) is 53.1 Å². The number of ether oxygens (including phenoxy) is 1. The van der Waals surface area contributed by atoms with Crippen molar-refractivity contribution in [2.24, 2.45) is 12.0 Å². The fourth-order valence-electron chi connectivity index (χ4n) is 4.68. The number of fused-ring (bicyclic) bond motifs is 2. The summed E-state index contributed by atoms with van der Waals surface area (Å²) in [4.78, 5) is 17.1. The molecule has 5 heteroatoms. The number of Topliss-reactive ketones (excluding diaryl/α,β-unsaturated/α-hetero) is 1. The summed E-state index contributed by atoms with van der Waals surface area (Å²) in [6, 6.07) is 16.2. The van der Waals surface area contributed by atoms with Crippen LogP contribution in [0.3, 0.4) is 0 Å². The largest absolute Gasteiger partial charge is 0.443 e. The molecule has 3 aromatic carbocycles. The van der Waals surface area contributed by atoms with E-state index in [1.165, 1.54) is 16.5 Å². The van der Waals surface area contributed by atoms with Crippen molar-refractivity contribution < 1.29 is 9.53 Å². The van der Waals surface area contributed by atoms with Crippen LogP contribution in [0.4, 0.5) is 5.69 Å². The zero-order valence-corrected chi connectivity index (χ0v) is 20.7. The lowest BCUT2D eigenvalue weighted by Crippen LogP contribution is -2.14. The number of carbonyl (C=O) groups excluding carboxylic acids is 1. The van der Waals surface area contributed by atoms with Crippen molar-refractivity contribution in [2.45, 2.75) is 40.0 Å². The van der Waals surface area contributed by atoms with E-state index in [1.54, 1.807) is 0 Å². The van der Waals surface area contributed by atoms with Crippen molar-refractivity contribution in [3.05, 3.63) is 82.0 Å². The topological polar surface area (TPSA) is 43.6 Å². The first kappa shape index (κ1) is 22.4. The second-order valence-electron chi connectivity index (χ2n) is 8.98. The van der Waals surface area contributed by atoms with Crippen LogP contribution in [0.1, 0.15) is 46.8 Å². The Morgan fingerprint density at radius 2 is 1.88 bits per heavy atom. The molecule has 0 amide bonds. The van der Waals surface area contributed by atoms with Gasteiger partial charge in [0.25, 0.3) is 0 Å². The highest BCUT2D eigenvalue weighted by atomic mass is 35.5. The van der Waals surface area contributed by atoms with Gasteiger partial charge in [0.05, 0.1) is 5.69 Å². The van der Waals surface area contributed by atoms with Gasteiger partial charge in [-0.05, 0) is 78.9 Å². The molecule has 0 saturated carbocycles. The van der Waals surface area contributed by atoms with Crippen LogP contribution in [0.25, 0.3) is 22.0 Å². The predicted octanol–water partition coefficient (Wildman–Crippen LogP) is 7.76. The average Bonchev–Trinajstić information content (AvgIpc) is 3.12. The van der Waals surface area contributed by atoms with Gasteiger partial charge in [-0.1, -0.05) is 30.7 Å². The Labute approximate surface area is 204 Å². The summed E-state index contributed by atoms with van der Waals surface area (Å²) < 4.78 is 8.26. The van der Waals surface area contributed by atoms with Crippen molar-refractivity contribution >= 4 is 39.9 Å². The molecule has 0 bridgehead atoms. The normalized spacial score (nSPS) is 13.0. The monoisotopic (exact) mass is 470 g/mol. The van der Waals surface area contributed by atoms with Gasteiger partial charge in [-0.15, -0.1) is 0 Å². The van der Waals surface area contributed by atoms with Crippen LogP contribution >= 0.6 is 11.6 Å². The van der Waals surface area contributed by atoms with Crippen LogP contribution < -0.4 is 4.74 Å². The minimum atomic E-state index is 0.115. The molecule has 0 saturated heterocycles. The lowest BCUT2D eigenvalue weighted by Gasteiger charge is -2.18. The van der Waals surface area contributed by atoms with Gasteiger partial charge < -0.3 is 9.30 Å². The maximum absolute atomic E-state index is 12.3. The maximum atomic E-state index is 12.3. The molecule has 5 rings (SSSR count). The first-order valence-corrected chi connectivity index (χ1v) is 12.0. The summed E-state index contributed by atoms with van der Waals surface area (Å²) in [6.07, 6.45) is 4.10. The van der Waals surface area contributed by atoms with Gasteiger partial charge in [0.2, 0.25) is 0 Å². The number of carbonyl (C=O) groups is 1. The second kappa shape index (κ2) is 8.77. The van der Waals surface area contributed by atoms with Crippen molar-refractivity contribution in [3.63, 3.8) is 0 Å². The van der Waals surface area contributed by atoms with Crippen LogP contribution in [-0.4, -0.2) is 16.2 Å². The van der Waals surface area contributed by atoms with Gasteiger partial charge in [0.15, 0.2) is 11.7 Å². The predicted molar refractivity (Wildman–Crippen MR) is 140 cm³/mol. The third-order valence-corrected chi connectivity index (χ3v) is 6.90. The van der Waals surface area contributed by atoms with Crippen molar-refractivity contribution in [2.75, 3.05) is 0 Å². The zero-order chi connectivity index (χ0) is 24.0. The van der Waals surface area contributed by atoms with Crippen LogP contribution in [0.5, 0.6) is 5.75 Å². The van der Waals surface area contributed by atoms with Crippen LogP contribution in [0, 0.1) is 13.8 Å². The molecule has 0 atom stereocenters. The Morgan fingerprint density at radius 1 is 1.06 bits per heavy atom. The number of halogens is 1. The standard InChI is InChI=1S/C29H27ClN2O2/c1-5-28(33)23-14-21(9-6-17(23)2)34-29-11-8-20-13-25(30)24(15-26(20)31-29)19-7-10-27-22(12-19)18(3)16-32(27)4/h6-7,9-10,12-16H,5,8,11H2,1-4H3. The molecule has 172 valence electrons. The fourth-order valence-corrected chi connectivity index (χ4v) is 4.98. The number of benzene rings is 3. The van der Waals surface area contributed by atoms with E-state index in [9.17, 15) is 4.79 Å². The van der Waals surface area contributed by atoms with E-state index in [1.807, 2.05) is 38.1 Å². The van der Waals surface area contributed by atoms with Gasteiger partial charge in [-0.3, -0.25) is 4.79 Å². The number of ketones is 1. The van der Waals surface area contributed by atoms with Gasteiger partial charge in [-0.2, -0.15) is 0 Å². The molecule has 1 aliphatic rings. The van der Waals surface area contributed by atoms with Crippen molar-refractivity contribution in [1.29, 1.82) is 0 Å². The summed E-state index contributed by atoms with van der Waals surface area (Å²) >= 11 is 6.72. The summed E-state index contributed by atoms with van der Waals surface area (Å²) in [5.41, 5.74) is 8.12. The number of hydrogen-bond acceptors (Lipinski definition) is 3. The molecule has 0 unspecified atom stereocenters. The maximum Gasteiger partial charge on any atom is 0.195 e. The molecule has 0 radical (unpaired) electrons. The average molecular weight is 471 g/mol. The third-order valence-electron chi connectivity index (χ3n) is 6.59. The highest BCUT2D eigenvalue weighted by Gasteiger charge is 2.18. The van der Waals surface area contributed by atoms with Gasteiger partial charge in [0.1, 0.15) is 5.75 Å². The lowest BCUT2D eigenvalue weighted by atomic mass is 9.97. The van der Waals surface area contributed by atoms with Gasteiger partial charge >= 0.3 is 0 Å². The van der Waals surface area contributed by atoms with E-state index in [0.29, 0.717) is 30.1 Å². The lowest BCUT2D eigenvalue weighted by molar-refractivity contribution is 0.0987.